The highest BCUT2D eigenvalue weighted by Crippen LogP contribution is 2.29. The minimum atomic E-state index is -4.11. The molecule has 2 aromatic carbocycles. The molecular formula is C21H26FN3O5S. The third kappa shape index (κ3) is 4.91. The Kier molecular flexibility index (Phi) is 7.01. The highest BCUT2D eigenvalue weighted by atomic mass is 32.2. The number of methoxy groups -OCH3 is 2. The number of ether oxygens (including phenoxy) is 2. The lowest BCUT2D eigenvalue weighted by Crippen LogP contribution is -2.51. The molecule has 168 valence electrons. The van der Waals surface area contributed by atoms with Crippen molar-refractivity contribution in [2.45, 2.75) is 4.90 Å². The molecule has 0 unspecified atom stereocenters. The summed E-state index contributed by atoms with van der Waals surface area (Å²) in [5, 5.41) is 0. The topological polar surface area (TPSA) is 79.4 Å². The van der Waals surface area contributed by atoms with Crippen molar-refractivity contribution in [3.8, 4) is 11.5 Å². The zero-order chi connectivity index (χ0) is 22.6. The number of carbonyl (C=O) groups excluding carboxylic acids is 1. The molecule has 31 heavy (non-hydrogen) atoms. The Hall–Kier alpha value is -2.85. The van der Waals surface area contributed by atoms with Crippen LogP contribution >= 0.6 is 0 Å². The number of likely N-dealkylation sites (N-methyl/N-ethyl adjacent to an activating group) is 1. The molecule has 0 spiro atoms. The average molecular weight is 452 g/mol. The van der Waals surface area contributed by atoms with Gasteiger partial charge in [-0.05, 0) is 30.3 Å². The highest BCUT2D eigenvalue weighted by molar-refractivity contribution is 7.89. The van der Waals surface area contributed by atoms with Gasteiger partial charge in [0, 0.05) is 33.2 Å². The maximum atomic E-state index is 13.6. The fraction of sp³-hybridized carbons (Fsp3) is 0.381. The van der Waals surface area contributed by atoms with Gasteiger partial charge in [0.15, 0.2) is 0 Å². The van der Waals surface area contributed by atoms with E-state index in [0.717, 1.165) is 27.9 Å². The molecule has 0 N–H and O–H groups in total. The van der Waals surface area contributed by atoms with Gasteiger partial charge in [-0.3, -0.25) is 4.79 Å². The van der Waals surface area contributed by atoms with Gasteiger partial charge in [-0.2, -0.15) is 4.31 Å². The number of anilines is 1. The van der Waals surface area contributed by atoms with Crippen LogP contribution in [0.1, 0.15) is 0 Å². The zero-order valence-corrected chi connectivity index (χ0v) is 18.6. The minimum Gasteiger partial charge on any atom is -0.495 e. The molecule has 1 aliphatic rings. The first-order valence-electron chi connectivity index (χ1n) is 9.73. The summed E-state index contributed by atoms with van der Waals surface area (Å²) in [5.74, 6) is -0.240. The van der Waals surface area contributed by atoms with Crippen molar-refractivity contribution < 1.29 is 27.1 Å². The standard InChI is InChI=1S/C21H26FN3O5S/c1-23(31(27,28)20-14-16(22)8-9-19(20)30-3)15-21(26)25-12-10-24(11-13-25)17-6-4-5-7-18(17)29-2/h4-9,14H,10-13,15H2,1-3H3. The number of hydrogen-bond donors (Lipinski definition) is 0. The Bertz CT molecular complexity index is 1040. The monoisotopic (exact) mass is 451 g/mol. The summed E-state index contributed by atoms with van der Waals surface area (Å²) in [7, 11) is 0.105. The summed E-state index contributed by atoms with van der Waals surface area (Å²) in [6.07, 6.45) is 0. The van der Waals surface area contributed by atoms with E-state index >= 15 is 0 Å². The second kappa shape index (κ2) is 9.52. The number of sulfonamides is 1. The van der Waals surface area contributed by atoms with E-state index in [1.807, 2.05) is 24.3 Å². The molecule has 0 aliphatic carbocycles. The largest absolute Gasteiger partial charge is 0.495 e. The van der Waals surface area contributed by atoms with Gasteiger partial charge in [-0.15, -0.1) is 0 Å². The summed E-state index contributed by atoms with van der Waals surface area (Å²) >= 11 is 0. The molecule has 1 fully saturated rings. The molecule has 8 nitrogen and oxygen atoms in total. The van der Waals surface area contributed by atoms with Gasteiger partial charge in [-0.1, -0.05) is 12.1 Å². The minimum absolute atomic E-state index is 0.0196. The van der Waals surface area contributed by atoms with Crippen molar-refractivity contribution in [2.24, 2.45) is 0 Å². The quantitative estimate of drug-likeness (QED) is 0.639. The van der Waals surface area contributed by atoms with Crippen LogP contribution in [-0.4, -0.2) is 77.5 Å². The molecule has 0 atom stereocenters. The summed E-state index contributed by atoms with van der Waals surface area (Å²) in [5.41, 5.74) is 0.954. The molecule has 10 heteroatoms. The summed E-state index contributed by atoms with van der Waals surface area (Å²) < 4.78 is 50.7. The summed E-state index contributed by atoms with van der Waals surface area (Å²) in [6, 6.07) is 10.9. The lowest BCUT2D eigenvalue weighted by Gasteiger charge is -2.37. The van der Waals surface area contributed by atoms with Crippen molar-refractivity contribution in [2.75, 3.05) is 58.9 Å². The van der Waals surface area contributed by atoms with E-state index in [2.05, 4.69) is 4.90 Å². The molecule has 0 saturated carbocycles. The van der Waals surface area contributed by atoms with Crippen LogP contribution in [0.3, 0.4) is 0 Å². The Morgan fingerprint density at radius 2 is 1.68 bits per heavy atom. The van der Waals surface area contributed by atoms with Gasteiger partial charge in [-0.25, -0.2) is 12.8 Å². The van der Waals surface area contributed by atoms with Crippen LogP contribution in [0.25, 0.3) is 0 Å². The van der Waals surface area contributed by atoms with Crippen LogP contribution in [-0.2, 0) is 14.8 Å². The molecule has 1 amide bonds. The van der Waals surface area contributed by atoms with Gasteiger partial charge >= 0.3 is 0 Å². The summed E-state index contributed by atoms with van der Waals surface area (Å²) in [4.78, 5) is 16.2. The van der Waals surface area contributed by atoms with E-state index in [0.29, 0.717) is 26.2 Å². The van der Waals surface area contributed by atoms with Crippen molar-refractivity contribution in [1.29, 1.82) is 0 Å². The van der Waals surface area contributed by atoms with E-state index in [-0.39, 0.29) is 23.1 Å². The van der Waals surface area contributed by atoms with Gasteiger partial charge in [0.1, 0.15) is 22.2 Å². The maximum Gasteiger partial charge on any atom is 0.247 e. The Balaban J connectivity index is 1.65. The molecule has 1 aliphatic heterocycles. The molecule has 1 saturated heterocycles. The number of hydrogen-bond acceptors (Lipinski definition) is 6. The number of halogens is 1. The van der Waals surface area contributed by atoms with E-state index in [1.54, 1.807) is 12.0 Å². The van der Waals surface area contributed by atoms with Crippen LogP contribution in [0.4, 0.5) is 10.1 Å². The number of rotatable bonds is 7. The smallest absolute Gasteiger partial charge is 0.247 e. The van der Waals surface area contributed by atoms with Gasteiger partial charge in [0.2, 0.25) is 15.9 Å². The molecule has 0 aromatic heterocycles. The van der Waals surface area contributed by atoms with E-state index < -0.39 is 15.8 Å². The van der Waals surface area contributed by atoms with E-state index in [9.17, 15) is 17.6 Å². The Labute approximate surface area is 181 Å². The summed E-state index contributed by atoms with van der Waals surface area (Å²) in [6.45, 7) is 1.75. The predicted octanol–water partition coefficient (Wildman–Crippen LogP) is 1.81. The molecular weight excluding hydrogens is 425 g/mol. The first kappa shape index (κ1) is 22.8. The van der Waals surface area contributed by atoms with Crippen LogP contribution in [0.2, 0.25) is 0 Å². The number of piperazine rings is 1. The van der Waals surface area contributed by atoms with Crippen LogP contribution in [0.15, 0.2) is 47.4 Å². The van der Waals surface area contributed by atoms with Crippen molar-refractivity contribution in [3.63, 3.8) is 0 Å². The van der Waals surface area contributed by atoms with Crippen molar-refractivity contribution in [1.82, 2.24) is 9.21 Å². The van der Waals surface area contributed by atoms with Crippen LogP contribution in [0.5, 0.6) is 11.5 Å². The number of nitrogens with zero attached hydrogens (tertiary/aromatic N) is 3. The van der Waals surface area contributed by atoms with Crippen molar-refractivity contribution in [3.05, 3.63) is 48.3 Å². The molecule has 2 aromatic rings. The SMILES string of the molecule is COc1ccccc1N1CCN(C(=O)CN(C)S(=O)(=O)c2cc(F)ccc2OC)CC1. The second-order valence-electron chi connectivity index (χ2n) is 7.10. The van der Waals surface area contributed by atoms with Gasteiger partial charge in [0.25, 0.3) is 0 Å². The fourth-order valence-electron chi connectivity index (χ4n) is 3.48. The van der Waals surface area contributed by atoms with Gasteiger partial charge in [0.05, 0.1) is 26.5 Å². The highest BCUT2D eigenvalue weighted by Gasteiger charge is 2.30. The second-order valence-corrected chi connectivity index (χ2v) is 9.11. The first-order valence-corrected chi connectivity index (χ1v) is 11.2. The number of para-hydroxylation sites is 2. The third-order valence-corrected chi connectivity index (χ3v) is 7.05. The number of carbonyl (C=O) groups is 1. The van der Waals surface area contributed by atoms with E-state index in [4.69, 9.17) is 9.47 Å². The van der Waals surface area contributed by atoms with E-state index in [1.165, 1.54) is 20.2 Å². The van der Waals surface area contributed by atoms with Gasteiger partial charge < -0.3 is 19.3 Å². The average Bonchev–Trinajstić information content (AvgIpc) is 2.79. The first-order chi connectivity index (χ1) is 14.8. The lowest BCUT2D eigenvalue weighted by molar-refractivity contribution is -0.131. The lowest BCUT2D eigenvalue weighted by atomic mass is 10.2. The molecule has 0 radical (unpaired) electrons. The normalized spacial score (nSPS) is 14.6. The van der Waals surface area contributed by atoms with Crippen LogP contribution < -0.4 is 14.4 Å². The zero-order valence-electron chi connectivity index (χ0n) is 17.7. The Morgan fingerprint density at radius 1 is 1.03 bits per heavy atom. The molecule has 3 rings (SSSR count). The molecule has 0 bridgehead atoms. The molecule has 1 heterocycles. The number of benzene rings is 2. The predicted molar refractivity (Wildman–Crippen MR) is 115 cm³/mol. The maximum absolute atomic E-state index is 13.6. The Morgan fingerprint density at radius 3 is 2.32 bits per heavy atom. The van der Waals surface area contributed by atoms with Crippen molar-refractivity contribution >= 4 is 21.6 Å². The van der Waals surface area contributed by atoms with Crippen LogP contribution in [0, 0.1) is 5.82 Å². The number of amides is 1. The fourth-order valence-corrected chi connectivity index (χ4v) is 4.77. The third-order valence-electron chi connectivity index (χ3n) is 5.23.